The van der Waals surface area contributed by atoms with E-state index in [-0.39, 0.29) is 36.1 Å². The molecule has 3 heteroatoms. The Morgan fingerprint density at radius 2 is 1.80 bits per heavy atom. The summed E-state index contributed by atoms with van der Waals surface area (Å²) in [7, 11) is 0. The summed E-state index contributed by atoms with van der Waals surface area (Å²) in [4.78, 5) is 0. The molecule has 0 aliphatic heterocycles. The summed E-state index contributed by atoms with van der Waals surface area (Å²) in [6.07, 6.45) is 15.4. The molecular formula is C17H28HfO2. The van der Waals surface area contributed by atoms with Crippen molar-refractivity contribution in [2.45, 2.75) is 43.2 Å². The van der Waals surface area contributed by atoms with E-state index in [1.807, 2.05) is 3.33 Å². The van der Waals surface area contributed by atoms with E-state index >= 15 is 0 Å². The third-order valence-electron chi connectivity index (χ3n) is 2.30. The third kappa shape index (κ3) is 20.1. The maximum atomic E-state index is 9.46. The molecule has 0 radical (unpaired) electrons. The molecule has 0 saturated carbocycles. The summed E-state index contributed by atoms with van der Waals surface area (Å²) < 4.78 is 3.39. The van der Waals surface area contributed by atoms with Crippen LogP contribution >= 0.6 is 0 Å². The minimum atomic E-state index is -0.283. The summed E-state index contributed by atoms with van der Waals surface area (Å²) in [5.41, 5.74) is 0. The minimum absolute atomic E-state index is 0.0243. The van der Waals surface area contributed by atoms with Crippen molar-refractivity contribution < 1.29 is 33.1 Å². The molecule has 0 unspecified atom stereocenters. The van der Waals surface area contributed by atoms with Crippen LogP contribution in [0, 0.1) is 0 Å². The standard InChI is InChI=1S/C5H5.2C4H7O.C4H9.Hf/c1-2-4-5-3-1;2*1-2-3-4-5;1-3-4-2;/h1-3H,4H2;2*2H,1,3-4H2;1,3-4H2,2H3;/q;2*-1;;+2. The SMILES string of the molecule is C=CCC[O-].C=CCC[O-].CCC[CH2][Hf+2][C]1=CC=CC1. The predicted molar refractivity (Wildman–Crippen MR) is 80.9 cm³/mol. The van der Waals surface area contributed by atoms with Crippen LogP contribution in [-0.4, -0.2) is 13.2 Å². The molecule has 112 valence electrons. The van der Waals surface area contributed by atoms with Gasteiger partial charge in [0.05, 0.1) is 0 Å². The summed E-state index contributed by atoms with van der Waals surface area (Å²) in [5, 5.41) is 18.9. The molecule has 0 saturated heterocycles. The molecule has 0 aromatic rings. The van der Waals surface area contributed by atoms with E-state index in [0.717, 1.165) is 0 Å². The van der Waals surface area contributed by atoms with Crippen LogP contribution in [0.1, 0.15) is 39.0 Å². The van der Waals surface area contributed by atoms with Gasteiger partial charge in [0.2, 0.25) is 0 Å². The monoisotopic (exact) mass is 444 g/mol. The van der Waals surface area contributed by atoms with E-state index in [9.17, 15) is 10.2 Å². The van der Waals surface area contributed by atoms with Gasteiger partial charge in [0, 0.05) is 0 Å². The van der Waals surface area contributed by atoms with Crippen LogP contribution in [0.25, 0.3) is 0 Å². The average Bonchev–Trinajstić information content (AvgIpc) is 2.96. The molecule has 1 aliphatic rings. The Kier molecular flexibility index (Phi) is 23.2. The zero-order chi connectivity index (χ0) is 15.5. The quantitative estimate of drug-likeness (QED) is 0.329. The molecule has 0 aromatic carbocycles. The van der Waals surface area contributed by atoms with Gasteiger partial charge in [-0.15, -0.1) is 26.4 Å². The molecule has 20 heavy (non-hydrogen) atoms. The van der Waals surface area contributed by atoms with Crippen molar-refractivity contribution in [3.8, 4) is 0 Å². The van der Waals surface area contributed by atoms with Crippen molar-refractivity contribution in [1.29, 1.82) is 0 Å². The van der Waals surface area contributed by atoms with Gasteiger partial charge in [-0.25, -0.2) is 0 Å². The Morgan fingerprint density at radius 1 is 1.20 bits per heavy atom. The molecular weight excluding hydrogens is 415 g/mol. The van der Waals surface area contributed by atoms with Crippen LogP contribution in [0.3, 0.4) is 0 Å². The van der Waals surface area contributed by atoms with Gasteiger partial charge in [0.1, 0.15) is 0 Å². The van der Waals surface area contributed by atoms with Crippen molar-refractivity contribution in [3.63, 3.8) is 0 Å². The number of unbranched alkanes of at least 4 members (excludes halogenated alkanes) is 1. The van der Waals surface area contributed by atoms with Crippen LogP contribution < -0.4 is 10.2 Å². The van der Waals surface area contributed by atoms with E-state index in [2.05, 4.69) is 38.3 Å². The second-order valence-electron chi connectivity index (χ2n) is 4.17. The van der Waals surface area contributed by atoms with Crippen molar-refractivity contribution in [3.05, 3.63) is 46.9 Å². The molecule has 0 N–H and O–H groups in total. The molecule has 0 aromatic heterocycles. The van der Waals surface area contributed by atoms with Crippen LogP contribution in [0.15, 0.2) is 46.9 Å². The summed E-state index contributed by atoms with van der Waals surface area (Å²) in [6, 6.07) is 0. The molecule has 0 atom stereocenters. The second-order valence-corrected chi connectivity index (χ2v) is 9.54. The molecule has 1 rings (SSSR count). The van der Waals surface area contributed by atoms with Crippen molar-refractivity contribution >= 4 is 0 Å². The van der Waals surface area contributed by atoms with Gasteiger partial charge >= 0.3 is 74.8 Å². The first kappa shape index (κ1) is 22.0. The third-order valence-corrected chi connectivity index (χ3v) is 7.43. The normalized spacial score (nSPS) is 11.2. The number of hydrogen-bond donors (Lipinski definition) is 0. The number of rotatable bonds is 8. The predicted octanol–water partition coefficient (Wildman–Crippen LogP) is 2.98. The van der Waals surface area contributed by atoms with Crippen LogP contribution in [0.5, 0.6) is 0 Å². The molecule has 0 fully saturated rings. The van der Waals surface area contributed by atoms with Gasteiger partial charge in [-0.2, -0.15) is 0 Å². The first-order chi connectivity index (χ1) is 9.76. The van der Waals surface area contributed by atoms with Gasteiger partial charge in [-0.1, -0.05) is 25.0 Å². The van der Waals surface area contributed by atoms with Crippen molar-refractivity contribution in [1.82, 2.24) is 0 Å². The Morgan fingerprint density at radius 3 is 2.10 bits per heavy atom. The molecule has 0 spiro atoms. The van der Waals surface area contributed by atoms with E-state index in [0.29, 0.717) is 12.8 Å². The average molecular weight is 443 g/mol. The van der Waals surface area contributed by atoms with Gasteiger partial charge < -0.3 is 10.2 Å². The maximum absolute atomic E-state index is 9.46. The van der Waals surface area contributed by atoms with Crippen molar-refractivity contribution in [2.75, 3.05) is 13.2 Å². The zero-order valence-electron chi connectivity index (χ0n) is 12.8. The Labute approximate surface area is 136 Å². The summed E-state index contributed by atoms with van der Waals surface area (Å²) in [6.45, 7) is 8.93. The molecule has 0 amide bonds. The topological polar surface area (TPSA) is 46.1 Å². The van der Waals surface area contributed by atoms with Crippen LogP contribution in [-0.2, 0) is 22.9 Å². The summed E-state index contributed by atoms with van der Waals surface area (Å²) >= 11 is -0.283. The van der Waals surface area contributed by atoms with Gasteiger partial charge in [-0.05, 0) is 0 Å². The fourth-order valence-electron chi connectivity index (χ4n) is 1.17. The van der Waals surface area contributed by atoms with Crippen molar-refractivity contribution in [2.24, 2.45) is 0 Å². The van der Waals surface area contributed by atoms with E-state index in [1.165, 1.54) is 19.3 Å². The molecule has 0 heterocycles. The Balaban J connectivity index is 0. The summed E-state index contributed by atoms with van der Waals surface area (Å²) in [5.74, 6) is 0. The number of hydrogen-bond acceptors (Lipinski definition) is 2. The fraction of sp³-hybridized carbons (Fsp3) is 0.529. The zero-order valence-corrected chi connectivity index (χ0v) is 16.4. The molecule has 1 aliphatic carbocycles. The van der Waals surface area contributed by atoms with E-state index in [4.69, 9.17) is 0 Å². The van der Waals surface area contributed by atoms with Crippen LogP contribution in [0.4, 0.5) is 0 Å². The van der Waals surface area contributed by atoms with E-state index < -0.39 is 0 Å². The van der Waals surface area contributed by atoms with Gasteiger partial charge in [-0.3, -0.25) is 0 Å². The first-order valence-corrected chi connectivity index (χ1v) is 11.6. The van der Waals surface area contributed by atoms with Gasteiger partial charge in [0.15, 0.2) is 0 Å². The second kappa shape index (κ2) is 21.1. The molecule has 0 bridgehead atoms. The molecule has 2 nitrogen and oxygen atoms in total. The first-order valence-electron chi connectivity index (χ1n) is 7.24. The Hall–Kier alpha value is -0.250. The van der Waals surface area contributed by atoms with E-state index in [1.54, 1.807) is 16.3 Å². The van der Waals surface area contributed by atoms with Gasteiger partial charge in [0.25, 0.3) is 0 Å². The Bertz CT molecular complexity index is 260. The van der Waals surface area contributed by atoms with Crippen LogP contribution in [0.2, 0.25) is 4.18 Å². The fourth-order valence-corrected chi connectivity index (χ4v) is 5.94. The number of allylic oxidation sites excluding steroid dienone is 4.